The molecule has 0 saturated heterocycles. The van der Waals surface area contributed by atoms with E-state index >= 15 is 0 Å². The fraction of sp³-hybridized carbons (Fsp3) is 0.267. The van der Waals surface area contributed by atoms with Gasteiger partial charge in [0, 0.05) is 15.8 Å². The summed E-state index contributed by atoms with van der Waals surface area (Å²) < 4.78 is 1.09. The van der Waals surface area contributed by atoms with Crippen LogP contribution in [0.1, 0.15) is 11.6 Å². The van der Waals surface area contributed by atoms with Crippen molar-refractivity contribution in [2.75, 3.05) is 26.0 Å². The smallest absolute Gasteiger partial charge is 0.319 e. The summed E-state index contributed by atoms with van der Waals surface area (Å²) in [6.07, 6.45) is 0. The van der Waals surface area contributed by atoms with Gasteiger partial charge >= 0.3 is 6.03 Å². The molecule has 112 valence electrons. The highest BCUT2D eigenvalue weighted by Gasteiger charge is 2.15. The highest BCUT2D eigenvalue weighted by molar-refractivity contribution is 14.1. The van der Waals surface area contributed by atoms with Crippen LogP contribution in [-0.2, 0) is 0 Å². The fourth-order valence-electron chi connectivity index (χ4n) is 1.99. The first kappa shape index (κ1) is 16.3. The Morgan fingerprint density at radius 2 is 2.19 bits per heavy atom. The summed E-state index contributed by atoms with van der Waals surface area (Å²) in [7, 11) is 4.03. The van der Waals surface area contributed by atoms with Crippen molar-refractivity contribution in [1.29, 1.82) is 0 Å². The zero-order valence-corrected chi connectivity index (χ0v) is 14.9. The first-order valence-corrected chi connectivity index (χ1v) is 8.57. The Kier molecular flexibility index (Phi) is 6.01. The van der Waals surface area contributed by atoms with Gasteiger partial charge in [-0.3, -0.25) is 0 Å². The number of carbonyl (C=O) groups is 1. The van der Waals surface area contributed by atoms with Gasteiger partial charge in [-0.25, -0.2) is 4.79 Å². The third-order valence-electron chi connectivity index (χ3n) is 3.09. The monoisotopic (exact) mass is 415 g/mol. The van der Waals surface area contributed by atoms with Gasteiger partial charge in [-0.15, -0.1) is 0 Å². The number of nitrogens with one attached hydrogen (secondary N) is 2. The Bertz CT molecular complexity index is 586. The lowest BCUT2D eigenvalue weighted by molar-refractivity contribution is 0.243. The molecule has 0 aliphatic carbocycles. The molecule has 4 nitrogen and oxygen atoms in total. The molecule has 21 heavy (non-hydrogen) atoms. The van der Waals surface area contributed by atoms with Crippen molar-refractivity contribution < 1.29 is 4.79 Å². The highest BCUT2D eigenvalue weighted by atomic mass is 127. The average molecular weight is 415 g/mol. The maximum Gasteiger partial charge on any atom is 0.319 e. The van der Waals surface area contributed by atoms with Gasteiger partial charge in [0.25, 0.3) is 0 Å². The van der Waals surface area contributed by atoms with E-state index in [4.69, 9.17) is 0 Å². The minimum absolute atomic E-state index is 0.179. The SMILES string of the molecule is CN(C)C(CNC(=O)Nc1cccc(I)c1)c1ccsc1. The lowest BCUT2D eigenvalue weighted by atomic mass is 10.1. The summed E-state index contributed by atoms with van der Waals surface area (Å²) in [6.45, 7) is 0.569. The number of hydrogen-bond donors (Lipinski definition) is 2. The van der Waals surface area contributed by atoms with Crippen molar-refractivity contribution in [2.24, 2.45) is 0 Å². The minimum Gasteiger partial charge on any atom is -0.336 e. The molecule has 2 rings (SSSR count). The number of halogens is 1. The van der Waals surface area contributed by atoms with E-state index in [-0.39, 0.29) is 12.1 Å². The summed E-state index contributed by atoms with van der Waals surface area (Å²) in [5.41, 5.74) is 2.02. The Labute approximate surface area is 142 Å². The molecule has 1 heterocycles. The summed E-state index contributed by atoms with van der Waals surface area (Å²) in [5.74, 6) is 0. The van der Waals surface area contributed by atoms with E-state index in [0.717, 1.165) is 9.26 Å². The molecular formula is C15H18IN3OS. The molecule has 1 aromatic heterocycles. The first-order valence-electron chi connectivity index (χ1n) is 6.55. The Hall–Kier alpha value is -1.12. The summed E-state index contributed by atoms with van der Waals surface area (Å²) in [4.78, 5) is 14.1. The molecule has 1 aromatic carbocycles. The van der Waals surface area contributed by atoms with Crippen molar-refractivity contribution in [3.8, 4) is 0 Å². The molecular weight excluding hydrogens is 397 g/mol. The standard InChI is InChI=1S/C15H18IN3OS/c1-19(2)14(11-6-7-21-10-11)9-17-15(20)18-13-5-3-4-12(16)8-13/h3-8,10,14H,9H2,1-2H3,(H2,17,18,20). The average Bonchev–Trinajstić information content (AvgIpc) is 2.92. The zero-order valence-electron chi connectivity index (χ0n) is 12.0. The van der Waals surface area contributed by atoms with Crippen molar-refractivity contribution in [2.45, 2.75) is 6.04 Å². The van der Waals surface area contributed by atoms with Crippen LogP contribution in [-0.4, -0.2) is 31.6 Å². The van der Waals surface area contributed by atoms with E-state index in [1.165, 1.54) is 5.56 Å². The van der Waals surface area contributed by atoms with E-state index in [1.807, 2.05) is 38.4 Å². The molecule has 2 N–H and O–H groups in total. The molecule has 0 aliphatic rings. The molecule has 1 atom stereocenters. The van der Waals surface area contributed by atoms with Crippen molar-refractivity contribution in [1.82, 2.24) is 10.2 Å². The molecule has 0 bridgehead atoms. The third kappa shape index (κ3) is 4.98. The van der Waals surface area contributed by atoms with Crippen LogP contribution >= 0.6 is 33.9 Å². The summed E-state index contributed by atoms with van der Waals surface area (Å²) in [5, 5.41) is 9.95. The number of rotatable bonds is 5. The number of nitrogens with zero attached hydrogens (tertiary/aromatic N) is 1. The number of likely N-dealkylation sites (N-methyl/N-ethyl adjacent to an activating group) is 1. The predicted molar refractivity (Wildman–Crippen MR) is 96.9 cm³/mol. The maximum atomic E-state index is 12.0. The second-order valence-electron chi connectivity index (χ2n) is 4.88. The van der Waals surface area contributed by atoms with Crippen LogP contribution in [0.4, 0.5) is 10.5 Å². The Morgan fingerprint density at radius 1 is 1.38 bits per heavy atom. The fourth-order valence-corrected chi connectivity index (χ4v) is 3.24. The molecule has 2 amide bonds. The molecule has 0 spiro atoms. The zero-order chi connectivity index (χ0) is 15.2. The van der Waals surface area contributed by atoms with Crippen molar-refractivity contribution >= 4 is 45.6 Å². The van der Waals surface area contributed by atoms with Crippen LogP contribution in [0, 0.1) is 3.57 Å². The molecule has 6 heteroatoms. The Morgan fingerprint density at radius 3 is 2.81 bits per heavy atom. The molecule has 0 aliphatic heterocycles. The van der Waals surface area contributed by atoms with Gasteiger partial charge in [-0.05, 0) is 77.3 Å². The lowest BCUT2D eigenvalue weighted by Gasteiger charge is -2.24. The normalized spacial score (nSPS) is 12.2. The van der Waals surface area contributed by atoms with Crippen molar-refractivity contribution in [3.63, 3.8) is 0 Å². The van der Waals surface area contributed by atoms with Crippen LogP contribution in [0.2, 0.25) is 0 Å². The van der Waals surface area contributed by atoms with Crippen LogP contribution in [0.5, 0.6) is 0 Å². The summed E-state index contributed by atoms with van der Waals surface area (Å²) in [6, 6.07) is 9.81. The molecule has 0 fully saturated rings. The van der Waals surface area contributed by atoms with Crippen molar-refractivity contribution in [3.05, 3.63) is 50.2 Å². The number of urea groups is 1. The molecule has 2 aromatic rings. The second kappa shape index (κ2) is 7.77. The van der Waals surface area contributed by atoms with E-state index in [1.54, 1.807) is 11.3 Å². The van der Waals surface area contributed by atoms with E-state index in [0.29, 0.717) is 6.54 Å². The quantitative estimate of drug-likeness (QED) is 0.731. The van der Waals surface area contributed by atoms with Crippen LogP contribution < -0.4 is 10.6 Å². The first-order chi connectivity index (χ1) is 10.1. The number of anilines is 1. The van der Waals surface area contributed by atoms with Gasteiger partial charge < -0.3 is 15.5 Å². The lowest BCUT2D eigenvalue weighted by Crippen LogP contribution is -2.36. The Balaban J connectivity index is 1.90. The maximum absolute atomic E-state index is 12.0. The number of thiophene rings is 1. The van der Waals surface area contributed by atoms with Gasteiger partial charge in [0.1, 0.15) is 0 Å². The van der Waals surface area contributed by atoms with Crippen LogP contribution in [0.3, 0.4) is 0 Å². The molecule has 0 radical (unpaired) electrons. The molecule has 0 saturated carbocycles. The van der Waals surface area contributed by atoms with E-state index < -0.39 is 0 Å². The van der Waals surface area contributed by atoms with E-state index in [2.05, 4.69) is 55.0 Å². The molecule has 1 unspecified atom stereocenters. The second-order valence-corrected chi connectivity index (χ2v) is 6.91. The van der Waals surface area contributed by atoms with Gasteiger partial charge in [-0.1, -0.05) is 6.07 Å². The van der Waals surface area contributed by atoms with Gasteiger partial charge in [0.05, 0.1) is 6.04 Å². The number of carbonyl (C=O) groups excluding carboxylic acids is 1. The van der Waals surface area contributed by atoms with E-state index in [9.17, 15) is 4.79 Å². The minimum atomic E-state index is -0.181. The topological polar surface area (TPSA) is 44.4 Å². The van der Waals surface area contributed by atoms with Gasteiger partial charge in [0.15, 0.2) is 0 Å². The number of amides is 2. The summed E-state index contributed by atoms with van der Waals surface area (Å²) >= 11 is 3.89. The van der Waals surface area contributed by atoms with Crippen LogP contribution in [0.15, 0.2) is 41.1 Å². The number of benzene rings is 1. The third-order valence-corrected chi connectivity index (χ3v) is 4.46. The number of hydrogen-bond acceptors (Lipinski definition) is 3. The largest absolute Gasteiger partial charge is 0.336 e. The van der Waals surface area contributed by atoms with Gasteiger partial charge in [-0.2, -0.15) is 11.3 Å². The van der Waals surface area contributed by atoms with Crippen LogP contribution in [0.25, 0.3) is 0 Å². The highest BCUT2D eigenvalue weighted by Crippen LogP contribution is 2.20. The predicted octanol–water partition coefficient (Wildman–Crippen LogP) is 3.78. The van der Waals surface area contributed by atoms with Gasteiger partial charge in [0.2, 0.25) is 0 Å².